The monoisotopic (exact) mass is 132 g/mol. The molecular weight excluding hydrogens is 120 g/mol. The summed E-state index contributed by atoms with van der Waals surface area (Å²) < 4.78 is 0. The predicted octanol–water partition coefficient (Wildman–Crippen LogP) is 2.85. The first-order valence-electron chi connectivity index (χ1n) is 3.54. The van der Waals surface area contributed by atoms with Crippen LogP contribution in [-0.2, 0) is 0 Å². The van der Waals surface area contributed by atoms with Gasteiger partial charge in [-0.2, -0.15) is 0 Å². The molecule has 0 aliphatic heterocycles. The van der Waals surface area contributed by atoms with Gasteiger partial charge in [0.15, 0.2) is 0 Å². The first kappa shape index (κ1) is 7.11. The largest absolute Gasteiger partial charge is 0.132 e. The molecule has 0 aromatic carbocycles. The van der Waals surface area contributed by atoms with Gasteiger partial charge in [0.2, 0.25) is 0 Å². The normalized spacial score (nSPS) is 23.3. The van der Waals surface area contributed by atoms with Crippen LogP contribution in [-0.4, -0.2) is 0 Å². The van der Waals surface area contributed by atoms with Crippen LogP contribution in [0.5, 0.6) is 0 Å². The molecule has 0 amide bonds. The van der Waals surface area contributed by atoms with E-state index in [1.807, 2.05) is 6.08 Å². The summed E-state index contributed by atoms with van der Waals surface area (Å²) in [5, 5.41) is 0. The molecule has 0 spiro atoms. The van der Waals surface area contributed by atoms with Crippen LogP contribution in [0.15, 0.2) is 42.2 Å². The summed E-state index contributed by atoms with van der Waals surface area (Å²) in [5.74, 6) is 0.530. The Bertz CT molecular complexity index is 212. The second-order valence-corrected chi connectivity index (χ2v) is 2.58. The lowest BCUT2D eigenvalue weighted by atomic mass is 9.97. The van der Waals surface area contributed by atoms with E-state index in [4.69, 9.17) is 0 Å². The van der Waals surface area contributed by atoms with Crippen LogP contribution in [0.2, 0.25) is 0 Å². The fraction of sp³-hybridized carbons (Fsp3) is 0.300. The van der Waals surface area contributed by atoms with E-state index in [0.717, 1.165) is 6.42 Å². The van der Waals surface area contributed by atoms with Gasteiger partial charge in [-0.1, -0.05) is 30.4 Å². The van der Waals surface area contributed by atoms with Gasteiger partial charge in [0.25, 0.3) is 0 Å². The van der Waals surface area contributed by atoms with Gasteiger partial charge in [0.05, 0.1) is 0 Å². The van der Waals surface area contributed by atoms with E-state index in [1.54, 1.807) is 0 Å². The van der Waals surface area contributed by atoms with Crippen LogP contribution < -0.4 is 0 Å². The van der Waals surface area contributed by atoms with E-state index >= 15 is 0 Å². The number of allylic oxidation sites excluding steroid dienone is 5. The first-order chi connectivity index (χ1) is 4.83. The minimum absolute atomic E-state index is 0.530. The second-order valence-electron chi connectivity index (χ2n) is 2.58. The molecule has 1 rings (SSSR count). The van der Waals surface area contributed by atoms with Crippen LogP contribution in [0.1, 0.15) is 13.3 Å². The first-order valence-corrected chi connectivity index (χ1v) is 3.54. The van der Waals surface area contributed by atoms with Crippen molar-refractivity contribution >= 4 is 0 Å². The Morgan fingerprint density at radius 1 is 1.80 bits per heavy atom. The quantitative estimate of drug-likeness (QED) is 0.481. The highest BCUT2D eigenvalue weighted by atomic mass is 14.1. The number of hydrogen-bond acceptors (Lipinski definition) is 0. The second kappa shape index (κ2) is 3.24. The highest BCUT2D eigenvalue weighted by molar-refractivity contribution is 5.23. The Kier molecular flexibility index (Phi) is 2.30. The minimum atomic E-state index is 0.530. The van der Waals surface area contributed by atoms with E-state index in [0.29, 0.717) is 5.92 Å². The summed E-state index contributed by atoms with van der Waals surface area (Å²) in [5.41, 5.74) is 4.14. The molecule has 52 valence electrons. The number of hydrogen-bond donors (Lipinski definition) is 0. The van der Waals surface area contributed by atoms with Crippen molar-refractivity contribution < 1.29 is 0 Å². The van der Waals surface area contributed by atoms with Gasteiger partial charge in [-0.25, -0.2) is 0 Å². The number of rotatable bonds is 1. The molecule has 1 atom stereocenters. The Balaban J connectivity index is 2.68. The van der Waals surface area contributed by atoms with Crippen molar-refractivity contribution in [2.75, 3.05) is 0 Å². The molecule has 0 heterocycles. The van der Waals surface area contributed by atoms with Crippen LogP contribution in [0.4, 0.5) is 0 Å². The summed E-state index contributed by atoms with van der Waals surface area (Å²) in [6.07, 6.45) is 9.67. The maximum Gasteiger partial charge on any atom is 0.00625 e. The SMILES string of the molecule is C=C=CC1C=C(C)C=CC1. The molecule has 0 nitrogen and oxygen atoms in total. The predicted molar refractivity (Wildman–Crippen MR) is 44.7 cm³/mol. The smallest absolute Gasteiger partial charge is 0.00625 e. The lowest BCUT2D eigenvalue weighted by molar-refractivity contribution is 0.813. The summed E-state index contributed by atoms with van der Waals surface area (Å²) >= 11 is 0. The highest BCUT2D eigenvalue weighted by Crippen LogP contribution is 2.16. The van der Waals surface area contributed by atoms with Crippen molar-refractivity contribution in [2.45, 2.75) is 13.3 Å². The van der Waals surface area contributed by atoms with Gasteiger partial charge >= 0.3 is 0 Å². The van der Waals surface area contributed by atoms with Crippen molar-refractivity contribution in [3.05, 3.63) is 42.2 Å². The van der Waals surface area contributed by atoms with Crippen molar-refractivity contribution in [1.82, 2.24) is 0 Å². The Morgan fingerprint density at radius 2 is 2.60 bits per heavy atom. The van der Waals surface area contributed by atoms with Gasteiger partial charge in [-0.05, 0) is 19.4 Å². The minimum Gasteiger partial charge on any atom is -0.132 e. The Morgan fingerprint density at radius 3 is 3.20 bits per heavy atom. The summed E-state index contributed by atoms with van der Waals surface area (Å²) in [4.78, 5) is 0. The Labute approximate surface area is 62.3 Å². The molecule has 0 N–H and O–H groups in total. The molecule has 1 aliphatic rings. The summed E-state index contributed by atoms with van der Waals surface area (Å²) in [7, 11) is 0. The van der Waals surface area contributed by atoms with Crippen LogP contribution in [0.3, 0.4) is 0 Å². The molecule has 10 heavy (non-hydrogen) atoms. The lowest BCUT2D eigenvalue weighted by Gasteiger charge is -2.08. The standard InChI is InChI=1S/C10H12/c1-3-5-10-7-4-6-9(2)8-10/h4-6,8,10H,1,7H2,2H3. The fourth-order valence-corrected chi connectivity index (χ4v) is 1.14. The van der Waals surface area contributed by atoms with Gasteiger partial charge in [0.1, 0.15) is 0 Å². The molecule has 0 aromatic rings. The average Bonchev–Trinajstić information content (AvgIpc) is 1.88. The zero-order chi connectivity index (χ0) is 7.40. The maximum absolute atomic E-state index is 3.55. The summed E-state index contributed by atoms with van der Waals surface area (Å²) in [6.45, 7) is 5.66. The van der Waals surface area contributed by atoms with Crippen molar-refractivity contribution in [2.24, 2.45) is 5.92 Å². The van der Waals surface area contributed by atoms with E-state index in [9.17, 15) is 0 Å². The summed E-state index contributed by atoms with van der Waals surface area (Å²) in [6, 6.07) is 0. The van der Waals surface area contributed by atoms with E-state index in [1.165, 1.54) is 5.57 Å². The third-order valence-electron chi connectivity index (χ3n) is 1.60. The van der Waals surface area contributed by atoms with Crippen LogP contribution in [0.25, 0.3) is 0 Å². The van der Waals surface area contributed by atoms with Crippen molar-refractivity contribution in [3.8, 4) is 0 Å². The fourth-order valence-electron chi connectivity index (χ4n) is 1.14. The van der Waals surface area contributed by atoms with Crippen LogP contribution >= 0.6 is 0 Å². The molecule has 0 saturated carbocycles. The van der Waals surface area contributed by atoms with E-state index < -0.39 is 0 Å². The lowest BCUT2D eigenvalue weighted by Crippen LogP contribution is -1.93. The Hall–Kier alpha value is -1.00. The molecule has 0 radical (unpaired) electrons. The van der Waals surface area contributed by atoms with Gasteiger partial charge < -0.3 is 0 Å². The molecule has 0 fully saturated rings. The van der Waals surface area contributed by atoms with Gasteiger partial charge in [-0.15, -0.1) is 5.73 Å². The van der Waals surface area contributed by atoms with Gasteiger partial charge in [-0.3, -0.25) is 0 Å². The zero-order valence-electron chi connectivity index (χ0n) is 6.30. The molecule has 0 saturated heterocycles. The topological polar surface area (TPSA) is 0 Å². The third kappa shape index (κ3) is 1.75. The zero-order valence-corrected chi connectivity index (χ0v) is 6.30. The molecule has 1 aliphatic carbocycles. The molecular formula is C10H12. The molecule has 0 bridgehead atoms. The van der Waals surface area contributed by atoms with Crippen molar-refractivity contribution in [1.29, 1.82) is 0 Å². The van der Waals surface area contributed by atoms with E-state index in [2.05, 4.69) is 37.5 Å². The highest BCUT2D eigenvalue weighted by Gasteiger charge is 2.01. The molecule has 0 heteroatoms. The molecule has 1 unspecified atom stereocenters. The van der Waals surface area contributed by atoms with E-state index in [-0.39, 0.29) is 0 Å². The average molecular weight is 132 g/mol. The van der Waals surface area contributed by atoms with Crippen LogP contribution in [0, 0.1) is 5.92 Å². The van der Waals surface area contributed by atoms with Gasteiger partial charge in [0, 0.05) is 5.92 Å². The van der Waals surface area contributed by atoms with Crippen molar-refractivity contribution in [3.63, 3.8) is 0 Å². The third-order valence-corrected chi connectivity index (χ3v) is 1.60. The molecule has 0 aromatic heterocycles. The maximum atomic E-state index is 3.55.